The lowest BCUT2D eigenvalue weighted by atomic mass is 10.1. The van der Waals surface area contributed by atoms with Gasteiger partial charge in [-0.15, -0.1) is 0 Å². The number of methoxy groups -OCH3 is 1. The Morgan fingerprint density at radius 1 is 1.00 bits per heavy atom. The summed E-state index contributed by atoms with van der Waals surface area (Å²) in [6.45, 7) is 3.88. The Morgan fingerprint density at radius 3 is 2.39 bits per heavy atom. The van der Waals surface area contributed by atoms with E-state index in [4.69, 9.17) is 4.74 Å². The standard InChI is InChI=1S/C23H25N5O4S/c1-17-8-9-18(16-21(17)33(30,31)26-19-6-3-4-7-20(19)32-2)22(29)27-12-14-28(15-13-27)23-24-10-5-11-25-23/h3-11,16,26H,12-15H2,1-2H3. The molecule has 10 heteroatoms. The summed E-state index contributed by atoms with van der Waals surface area (Å²) in [5.74, 6) is 0.833. The second-order valence-electron chi connectivity index (χ2n) is 7.61. The van der Waals surface area contributed by atoms with Gasteiger partial charge in [0.05, 0.1) is 17.7 Å². The molecule has 0 spiro atoms. The predicted molar refractivity (Wildman–Crippen MR) is 125 cm³/mol. The molecule has 4 rings (SSSR count). The highest BCUT2D eigenvalue weighted by molar-refractivity contribution is 7.92. The molecule has 0 saturated carbocycles. The minimum atomic E-state index is -3.93. The maximum absolute atomic E-state index is 13.1. The fourth-order valence-electron chi connectivity index (χ4n) is 3.70. The van der Waals surface area contributed by atoms with E-state index in [9.17, 15) is 13.2 Å². The molecule has 0 unspecified atom stereocenters. The summed E-state index contributed by atoms with van der Waals surface area (Å²) in [6.07, 6.45) is 3.38. The molecule has 1 N–H and O–H groups in total. The number of carbonyl (C=O) groups excluding carboxylic acids is 1. The number of sulfonamides is 1. The van der Waals surface area contributed by atoms with Crippen molar-refractivity contribution in [1.29, 1.82) is 0 Å². The molecule has 1 amide bonds. The molecule has 1 aliphatic rings. The third-order valence-corrected chi connectivity index (χ3v) is 6.99. The number of benzene rings is 2. The topological polar surface area (TPSA) is 105 Å². The van der Waals surface area contributed by atoms with Gasteiger partial charge in [0.15, 0.2) is 0 Å². The molecular formula is C23H25N5O4S. The number of para-hydroxylation sites is 2. The average Bonchev–Trinajstić information content (AvgIpc) is 2.84. The second-order valence-corrected chi connectivity index (χ2v) is 9.26. The number of anilines is 2. The van der Waals surface area contributed by atoms with Gasteiger partial charge < -0.3 is 14.5 Å². The molecule has 2 heterocycles. The van der Waals surface area contributed by atoms with Crippen molar-refractivity contribution in [3.8, 4) is 5.75 Å². The molecule has 1 aliphatic heterocycles. The molecule has 2 aromatic carbocycles. The molecule has 1 fully saturated rings. The van der Waals surface area contributed by atoms with Crippen LogP contribution in [0.1, 0.15) is 15.9 Å². The molecule has 33 heavy (non-hydrogen) atoms. The van der Waals surface area contributed by atoms with E-state index in [0.717, 1.165) is 0 Å². The van der Waals surface area contributed by atoms with Crippen LogP contribution in [0.2, 0.25) is 0 Å². The van der Waals surface area contributed by atoms with Gasteiger partial charge in [-0.3, -0.25) is 9.52 Å². The first-order valence-electron chi connectivity index (χ1n) is 10.5. The van der Waals surface area contributed by atoms with Crippen LogP contribution in [-0.4, -0.2) is 62.5 Å². The Kier molecular flexibility index (Phi) is 6.45. The normalized spacial score (nSPS) is 14.1. The van der Waals surface area contributed by atoms with Crippen LogP contribution < -0.4 is 14.4 Å². The minimum absolute atomic E-state index is 0.0515. The van der Waals surface area contributed by atoms with Crippen LogP contribution in [0, 0.1) is 6.92 Å². The number of ether oxygens (including phenoxy) is 1. The van der Waals surface area contributed by atoms with Crippen LogP contribution in [0.15, 0.2) is 65.8 Å². The third-order valence-electron chi connectivity index (χ3n) is 5.48. The van der Waals surface area contributed by atoms with Crippen molar-refractivity contribution in [1.82, 2.24) is 14.9 Å². The van der Waals surface area contributed by atoms with Crippen LogP contribution in [-0.2, 0) is 10.0 Å². The zero-order valence-corrected chi connectivity index (χ0v) is 19.2. The molecule has 1 aromatic heterocycles. The van der Waals surface area contributed by atoms with Gasteiger partial charge in [-0.1, -0.05) is 18.2 Å². The number of aromatic nitrogens is 2. The third kappa shape index (κ3) is 4.90. The number of nitrogens with one attached hydrogen (secondary N) is 1. The largest absolute Gasteiger partial charge is 0.495 e. The van der Waals surface area contributed by atoms with Gasteiger partial charge in [-0.25, -0.2) is 18.4 Å². The number of amides is 1. The lowest BCUT2D eigenvalue weighted by molar-refractivity contribution is 0.0746. The Bertz CT molecular complexity index is 1240. The fraction of sp³-hybridized carbons (Fsp3) is 0.261. The van der Waals surface area contributed by atoms with Crippen LogP contribution in [0.3, 0.4) is 0 Å². The maximum Gasteiger partial charge on any atom is 0.262 e. The van der Waals surface area contributed by atoms with E-state index in [1.54, 1.807) is 66.7 Å². The summed E-state index contributed by atoms with van der Waals surface area (Å²) in [7, 11) is -2.46. The molecule has 3 aromatic rings. The van der Waals surface area contributed by atoms with E-state index < -0.39 is 10.0 Å². The maximum atomic E-state index is 13.1. The summed E-state index contributed by atoms with van der Waals surface area (Å²) in [6, 6.07) is 13.3. The van der Waals surface area contributed by atoms with E-state index in [1.165, 1.54) is 13.2 Å². The van der Waals surface area contributed by atoms with E-state index in [2.05, 4.69) is 14.7 Å². The van der Waals surface area contributed by atoms with Gasteiger partial charge in [-0.2, -0.15) is 0 Å². The van der Waals surface area contributed by atoms with Crippen molar-refractivity contribution >= 4 is 27.6 Å². The van der Waals surface area contributed by atoms with Gasteiger partial charge >= 0.3 is 0 Å². The van der Waals surface area contributed by atoms with Crippen molar-refractivity contribution in [2.45, 2.75) is 11.8 Å². The van der Waals surface area contributed by atoms with E-state index in [-0.39, 0.29) is 10.8 Å². The molecule has 0 bridgehead atoms. The Hall–Kier alpha value is -3.66. The average molecular weight is 468 g/mol. The lowest BCUT2D eigenvalue weighted by Crippen LogP contribution is -2.49. The number of aryl methyl sites for hydroxylation is 1. The van der Waals surface area contributed by atoms with Crippen molar-refractivity contribution in [2.24, 2.45) is 0 Å². The second kappa shape index (κ2) is 9.45. The zero-order chi connectivity index (χ0) is 23.4. The van der Waals surface area contributed by atoms with Crippen LogP contribution in [0.5, 0.6) is 5.75 Å². The first-order chi connectivity index (χ1) is 15.9. The van der Waals surface area contributed by atoms with E-state index >= 15 is 0 Å². The molecule has 9 nitrogen and oxygen atoms in total. The van der Waals surface area contributed by atoms with Gasteiger partial charge in [0, 0.05) is 44.1 Å². The SMILES string of the molecule is COc1ccccc1NS(=O)(=O)c1cc(C(=O)N2CCN(c3ncccn3)CC2)ccc1C. The molecular weight excluding hydrogens is 442 g/mol. The first-order valence-corrected chi connectivity index (χ1v) is 11.9. The van der Waals surface area contributed by atoms with E-state index in [0.29, 0.717) is 54.7 Å². The number of hydrogen-bond donors (Lipinski definition) is 1. The van der Waals surface area contributed by atoms with Crippen molar-refractivity contribution in [3.63, 3.8) is 0 Å². The monoisotopic (exact) mass is 467 g/mol. The molecule has 172 valence electrons. The number of hydrogen-bond acceptors (Lipinski definition) is 7. The number of rotatable bonds is 6. The van der Waals surface area contributed by atoms with E-state index in [1.807, 2.05) is 4.90 Å². The van der Waals surface area contributed by atoms with Crippen LogP contribution in [0.4, 0.5) is 11.6 Å². The summed E-state index contributed by atoms with van der Waals surface area (Å²) in [5.41, 5.74) is 1.20. The number of carbonyl (C=O) groups is 1. The van der Waals surface area contributed by atoms with Crippen LogP contribution in [0.25, 0.3) is 0 Å². The lowest BCUT2D eigenvalue weighted by Gasteiger charge is -2.34. The summed E-state index contributed by atoms with van der Waals surface area (Å²) in [5, 5.41) is 0. The van der Waals surface area contributed by atoms with Crippen LogP contribution >= 0.6 is 0 Å². The molecule has 0 radical (unpaired) electrons. The van der Waals surface area contributed by atoms with Crippen molar-refractivity contribution in [2.75, 3.05) is 42.9 Å². The molecule has 1 saturated heterocycles. The number of piperazine rings is 1. The van der Waals surface area contributed by atoms with Crippen molar-refractivity contribution in [3.05, 3.63) is 72.1 Å². The van der Waals surface area contributed by atoms with Gasteiger partial charge in [0.25, 0.3) is 15.9 Å². The first kappa shape index (κ1) is 22.5. The highest BCUT2D eigenvalue weighted by Crippen LogP contribution is 2.28. The Balaban J connectivity index is 1.51. The summed E-state index contributed by atoms with van der Waals surface area (Å²) in [4.78, 5) is 25.4. The Labute approximate surface area is 193 Å². The molecule has 0 aliphatic carbocycles. The highest BCUT2D eigenvalue weighted by atomic mass is 32.2. The van der Waals surface area contributed by atoms with Gasteiger partial charge in [0.2, 0.25) is 5.95 Å². The summed E-state index contributed by atoms with van der Waals surface area (Å²) < 4.78 is 34.1. The Morgan fingerprint density at radius 2 is 1.70 bits per heavy atom. The zero-order valence-electron chi connectivity index (χ0n) is 18.4. The number of nitrogens with zero attached hydrogens (tertiary/aromatic N) is 4. The minimum Gasteiger partial charge on any atom is -0.495 e. The quantitative estimate of drug-likeness (QED) is 0.594. The fourth-order valence-corrected chi connectivity index (χ4v) is 5.04. The predicted octanol–water partition coefficient (Wildman–Crippen LogP) is 2.56. The highest BCUT2D eigenvalue weighted by Gasteiger charge is 2.26. The smallest absolute Gasteiger partial charge is 0.262 e. The van der Waals surface area contributed by atoms with Gasteiger partial charge in [0.1, 0.15) is 5.75 Å². The molecule has 0 atom stereocenters. The van der Waals surface area contributed by atoms with Gasteiger partial charge in [-0.05, 0) is 42.8 Å². The summed E-state index contributed by atoms with van der Waals surface area (Å²) >= 11 is 0. The van der Waals surface area contributed by atoms with Crippen molar-refractivity contribution < 1.29 is 17.9 Å².